The predicted octanol–water partition coefficient (Wildman–Crippen LogP) is -0.0705. The Bertz CT molecular complexity index is 364. The van der Waals surface area contributed by atoms with Gasteiger partial charge in [-0.3, -0.25) is 4.79 Å². The Hall–Kier alpha value is -1.36. The van der Waals surface area contributed by atoms with E-state index < -0.39 is 0 Å². The normalized spacial score (nSPS) is 11.4. The largest absolute Gasteiger partial charge is 0.364 e. The summed E-state index contributed by atoms with van der Waals surface area (Å²) in [6.07, 6.45) is 3.19. The maximum Gasteiger partial charge on any atom is 0.293 e. The minimum Gasteiger partial charge on any atom is -0.364 e. The molecule has 0 bridgehead atoms. The van der Waals surface area contributed by atoms with Gasteiger partial charge in [-0.05, 0) is 13.8 Å². The van der Waals surface area contributed by atoms with Crippen molar-refractivity contribution in [2.45, 2.75) is 19.4 Å². The number of aromatic nitrogens is 2. The zero-order chi connectivity index (χ0) is 10.8. The van der Waals surface area contributed by atoms with E-state index in [4.69, 9.17) is 5.73 Å². The molecule has 1 aromatic heterocycles. The lowest BCUT2D eigenvalue weighted by molar-refractivity contribution is 0.547. The molecule has 5 heteroatoms. The molecule has 0 unspecified atom stereocenters. The maximum absolute atomic E-state index is 11.5. The fourth-order valence-corrected chi connectivity index (χ4v) is 0.931. The van der Waals surface area contributed by atoms with E-state index in [1.54, 1.807) is 19.4 Å². The molecule has 0 fully saturated rings. The highest BCUT2D eigenvalue weighted by molar-refractivity contribution is 5.31. The maximum atomic E-state index is 11.5. The molecule has 0 aliphatic heterocycles. The van der Waals surface area contributed by atoms with Gasteiger partial charge in [0.2, 0.25) is 0 Å². The Morgan fingerprint density at radius 2 is 2.29 bits per heavy atom. The average molecular weight is 196 g/mol. The molecule has 0 saturated heterocycles. The van der Waals surface area contributed by atoms with Crippen molar-refractivity contribution in [1.82, 2.24) is 9.55 Å². The molecule has 1 aromatic rings. The van der Waals surface area contributed by atoms with Crippen molar-refractivity contribution in [2.24, 2.45) is 12.8 Å². The summed E-state index contributed by atoms with van der Waals surface area (Å²) in [4.78, 5) is 15.4. The first-order chi connectivity index (χ1) is 6.40. The van der Waals surface area contributed by atoms with Crippen LogP contribution < -0.4 is 16.6 Å². The number of nitrogens with two attached hydrogens (primary N) is 1. The van der Waals surface area contributed by atoms with E-state index in [0.717, 1.165) is 0 Å². The first-order valence-corrected chi connectivity index (χ1v) is 4.44. The molecular weight excluding hydrogens is 180 g/mol. The number of anilines is 1. The second kappa shape index (κ2) is 3.79. The molecule has 1 heterocycles. The molecule has 0 aromatic carbocycles. The van der Waals surface area contributed by atoms with Crippen LogP contribution in [0.2, 0.25) is 0 Å². The fraction of sp³-hybridized carbons (Fsp3) is 0.556. The molecule has 0 spiro atoms. The zero-order valence-electron chi connectivity index (χ0n) is 8.74. The van der Waals surface area contributed by atoms with Crippen LogP contribution in [0.4, 0.5) is 5.82 Å². The number of nitrogens with one attached hydrogen (secondary N) is 1. The van der Waals surface area contributed by atoms with Crippen LogP contribution in [0.3, 0.4) is 0 Å². The fourth-order valence-electron chi connectivity index (χ4n) is 0.931. The van der Waals surface area contributed by atoms with E-state index in [1.807, 2.05) is 13.8 Å². The summed E-state index contributed by atoms with van der Waals surface area (Å²) in [7, 11) is 1.68. The monoisotopic (exact) mass is 196 g/mol. The second-order valence-corrected chi connectivity index (χ2v) is 4.03. The molecule has 78 valence electrons. The van der Waals surface area contributed by atoms with Crippen LogP contribution in [0, 0.1) is 0 Å². The first-order valence-electron chi connectivity index (χ1n) is 4.44. The summed E-state index contributed by atoms with van der Waals surface area (Å²) in [6, 6.07) is 0. The van der Waals surface area contributed by atoms with Gasteiger partial charge in [-0.25, -0.2) is 4.98 Å². The Morgan fingerprint density at radius 1 is 1.64 bits per heavy atom. The molecule has 0 aliphatic rings. The Balaban J connectivity index is 2.78. The van der Waals surface area contributed by atoms with Crippen molar-refractivity contribution in [1.29, 1.82) is 0 Å². The minimum absolute atomic E-state index is 0.142. The van der Waals surface area contributed by atoms with Crippen LogP contribution in [-0.4, -0.2) is 21.6 Å². The van der Waals surface area contributed by atoms with Gasteiger partial charge in [0, 0.05) is 31.5 Å². The second-order valence-electron chi connectivity index (χ2n) is 4.03. The summed E-state index contributed by atoms with van der Waals surface area (Å²) in [6.45, 7) is 4.28. The van der Waals surface area contributed by atoms with Crippen LogP contribution in [0.5, 0.6) is 0 Å². The van der Waals surface area contributed by atoms with Gasteiger partial charge in [0.25, 0.3) is 5.56 Å². The van der Waals surface area contributed by atoms with Gasteiger partial charge >= 0.3 is 0 Å². The summed E-state index contributed by atoms with van der Waals surface area (Å²) < 4.78 is 1.47. The Morgan fingerprint density at radius 3 is 2.86 bits per heavy atom. The minimum atomic E-state index is -0.359. The van der Waals surface area contributed by atoms with Gasteiger partial charge in [-0.1, -0.05) is 0 Å². The highest BCUT2D eigenvalue weighted by Crippen LogP contribution is 1.98. The SMILES string of the molecule is Cn1ccnc(NCC(C)(C)N)c1=O. The summed E-state index contributed by atoms with van der Waals surface area (Å²) >= 11 is 0. The molecule has 0 amide bonds. The molecule has 0 radical (unpaired) electrons. The van der Waals surface area contributed by atoms with Crippen molar-refractivity contribution in [3.63, 3.8) is 0 Å². The predicted molar refractivity (Wildman–Crippen MR) is 56.2 cm³/mol. The summed E-state index contributed by atoms with van der Waals surface area (Å²) in [5, 5.41) is 2.92. The van der Waals surface area contributed by atoms with Gasteiger partial charge in [0.1, 0.15) is 0 Å². The van der Waals surface area contributed by atoms with E-state index in [1.165, 1.54) is 4.57 Å². The van der Waals surface area contributed by atoms with Gasteiger partial charge in [0.05, 0.1) is 0 Å². The van der Waals surface area contributed by atoms with Crippen LogP contribution in [0.15, 0.2) is 17.2 Å². The third-order valence-electron chi connectivity index (χ3n) is 1.73. The van der Waals surface area contributed by atoms with E-state index >= 15 is 0 Å². The number of aryl methyl sites for hydroxylation is 1. The Kier molecular flexibility index (Phi) is 2.90. The van der Waals surface area contributed by atoms with Crippen LogP contribution >= 0.6 is 0 Å². The van der Waals surface area contributed by atoms with Crippen molar-refractivity contribution in [2.75, 3.05) is 11.9 Å². The highest BCUT2D eigenvalue weighted by Gasteiger charge is 2.11. The van der Waals surface area contributed by atoms with Crippen molar-refractivity contribution < 1.29 is 0 Å². The number of hydrogen-bond acceptors (Lipinski definition) is 4. The van der Waals surface area contributed by atoms with Crippen LogP contribution in [0.25, 0.3) is 0 Å². The van der Waals surface area contributed by atoms with Crippen molar-refractivity contribution in [3.8, 4) is 0 Å². The molecule has 0 saturated carbocycles. The zero-order valence-corrected chi connectivity index (χ0v) is 8.74. The van der Waals surface area contributed by atoms with E-state index in [2.05, 4.69) is 10.3 Å². The van der Waals surface area contributed by atoms with Crippen molar-refractivity contribution >= 4 is 5.82 Å². The molecule has 5 nitrogen and oxygen atoms in total. The molecule has 3 N–H and O–H groups in total. The molecule has 14 heavy (non-hydrogen) atoms. The quantitative estimate of drug-likeness (QED) is 0.709. The van der Waals surface area contributed by atoms with Crippen LogP contribution in [-0.2, 0) is 7.05 Å². The standard InChI is InChI=1S/C9H16N4O/c1-9(2,10)6-12-7-8(14)13(3)5-4-11-7/h4-5H,6,10H2,1-3H3,(H,11,12). The molecular formula is C9H16N4O. The van der Waals surface area contributed by atoms with E-state index in [-0.39, 0.29) is 11.1 Å². The molecule has 1 rings (SSSR count). The third kappa shape index (κ3) is 2.85. The third-order valence-corrected chi connectivity index (χ3v) is 1.73. The van der Waals surface area contributed by atoms with Crippen LogP contribution in [0.1, 0.15) is 13.8 Å². The lowest BCUT2D eigenvalue weighted by Gasteiger charge is -2.18. The summed E-state index contributed by atoms with van der Waals surface area (Å²) in [5.74, 6) is 0.341. The van der Waals surface area contributed by atoms with Gasteiger partial charge in [0.15, 0.2) is 5.82 Å². The Labute approximate surface area is 83.0 Å². The molecule has 0 aliphatic carbocycles. The lowest BCUT2D eigenvalue weighted by Crippen LogP contribution is -2.41. The smallest absolute Gasteiger partial charge is 0.293 e. The van der Waals surface area contributed by atoms with E-state index in [9.17, 15) is 4.79 Å². The van der Waals surface area contributed by atoms with Crippen molar-refractivity contribution in [3.05, 3.63) is 22.7 Å². The van der Waals surface area contributed by atoms with E-state index in [0.29, 0.717) is 12.4 Å². The van der Waals surface area contributed by atoms with Gasteiger partial charge in [-0.2, -0.15) is 0 Å². The van der Waals surface area contributed by atoms with Gasteiger partial charge in [-0.15, -0.1) is 0 Å². The number of hydrogen-bond donors (Lipinski definition) is 2. The average Bonchev–Trinajstić information content (AvgIpc) is 2.06. The number of nitrogens with zero attached hydrogens (tertiary/aromatic N) is 2. The summed E-state index contributed by atoms with van der Waals surface area (Å²) in [5.41, 5.74) is 5.27. The molecule has 0 atom stereocenters. The number of rotatable bonds is 3. The lowest BCUT2D eigenvalue weighted by atomic mass is 10.1. The topological polar surface area (TPSA) is 72.9 Å². The van der Waals surface area contributed by atoms with Gasteiger partial charge < -0.3 is 15.6 Å². The first kappa shape index (κ1) is 10.7. The highest BCUT2D eigenvalue weighted by atomic mass is 16.1.